The second-order valence-corrected chi connectivity index (χ2v) is 7.40. The second kappa shape index (κ2) is 8.02. The standard InChI is InChI=1S/C23H23N3O4/c1-3-24-20-17-6-4-5-7-18(17)30-23(29)21(20)25-22(28)15-12-19(27)26(13-15)16-10-8-14(2)9-11-16/h4-11,15,24H,3,12-13H2,1-2H3,(H,25,28)/t15-/m1/s1. The zero-order valence-corrected chi connectivity index (χ0v) is 16.9. The molecule has 0 spiro atoms. The number of nitrogens with zero attached hydrogens (tertiary/aromatic N) is 1. The Kier molecular flexibility index (Phi) is 5.27. The Balaban J connectivity index is 1.60. The summed E-state index contributed by atoms with van der Waals surface area (Å²) >= 11 is 0. The third kappa shape index (κ3) is 3.66. The third-order valence-corrected chi connectivity index (χ3v) is 5.26. The van der Waals surface area contributed by atoms with Gasteiger partial charge in [0.25, 0.3) is 0 Å². The van der Waals surface area contributed by atoms with E-state index in [1.165, 1.54) is 0 Å². The molecule has 1 saturated heterocycles. The molecule has 1 aliphatic rings. The molecule has 2 N–H and O–H groups in total. The molecule has 3 aromatic rings. The quantitative estimate of drug-likeness (QED) is 0.634. The highest BCUT2D eigenvalue weighted by molar-refractivity contribution is 6.06. The van der Waals surface area contributed by atoms with Crippen molar-refractivity contribution in [3.63, 3.8) is 0 Å². The number of carbonyl (C=O) groups excluding carboxylic acids is 2. The van der Waals surface area contributed by atoms with Crippen LogP contribution in [0.2, 0.25) is 0 Å². The van der Waals surface area contributed by atoms with Crippen molar-refractivity contribution in [1.82, 2.24) is 0 Å². The molecule has 0 aliphatic carbocycles. The van der Waals surface area contributed by atoms with Gasteiger partial charge in [0.2, 0.25) is 11.8 Å². The van der Waals surface area contributed by atoms with Crippen LogP contribution in [0.4, 0.5) is 17.1 Å². The van der Waals surface area contributed by atoms with Gasteiger partial charge >= 0.3 is 5.63 Å². The van der Waals surface area contributed by atoms with E-state index in [9.17, 15) is 14.4 Å². The van der Waals surface area contributed by atoms with Crippen molar-refractivity contribution >= 4 is 39.8 Å². The zero-order valence-electron chi connectivity index (χ0n) is 16.9. The van der Waals surface area contributed by atoms with Gasteiger partial charge in [0, 0.05) is 30.6 Å². The fourth-order valence-corrected chi connectivity index (χ4v) is 3.71. The van der Waals surface area contributed by atoms with E-state index in [0.29, 0.717) is 23.2 Å². The van der Waals surface area contributed by atoms with E-state index in [1.807, 2.05) is 50.2 Å². The van der Waals surface area contributed by atoms with Crippen LogP contribution in [0.1, 0.15) is 18.9 Å². The topological polar surface area (TPSA) is 91.6 Å². The second-order valence-electron chi connectivity index (χ2n) is 7.40. The number of benzene rings is 2. The van der Waals surface area contributed by atoms with Gasteiger partial charge in [-0.25, -0.2) is 4.79 Å². The fourth-order valence-electron chi connectivity index (χ4n) is 3.71. The van der Waals surface area contributed by atoms with Crippen LogP contribution in [0.15, 0.2) is 57.7 Å². The maximum Gasteiger partial charge on any atom is 0.362 e. The minimum atomic E-state index is -0.627. The number of anilines is 3. The Labute approximate surface area is 173 Å². The highest BCUT2D eigenvalue weighted by Crippen LogP contribution is 2.30. The van der Waals surface area contributed by atoms with E-state index >= 15 is 0 Å². The van der Waals surface area contributed by atoms with Gasteiger partial charge in [-0.2, -0.15) is 0 Å². The maximum atomic E-state index is 12.9. The molecule has 2 heterocycles. The van der Waals surface area contributed by atoms with E-state index in [-0.39, 0.29) is 30.5 Å². The van der Waals surface area contributed by atoms with Crippen molar-refractivity contribution in [3.05, 3.63) is 64.5 Å². The first-order chi connectivity index (χ1) is 14.5. The van der Waals surface area contributed by atoms with Crippen molar-refractivity contribution in [2.24, 2.45) is 5.92 Å². The van der Waals surface area contributed by atoms with Gasteiger partial charge in [0.05, 0.1) is 11.6 Å². The highest BCUT2D eigenvalue weighted by atomic mass is 16.4. The summed E-state index contributed by atoms with van der Waals surface area (Å²) in [5.74, 6) is -1.05. The van der Waals surface area contributed by atoms with Crippen LogP contribution in [0.3, 0.4) is 0 Å². The van der Waals surface area contributed by atoms with E-state index in [2.05, 4.69) is 10.6 Å². The molecule has 1 atom stereocenters. The molecule has 2 aromatic carbocycles. The van der Waals surface area contributed by atoms with E-state index in [4.69, 9.17) is 4.42 Å². The predicted octanol–water partition coefficient (Wildman–Crippen LogP) is 3.52. The van der Waals surface area contributed by atoms with Crippen LogP contribution >= 0.6 is 0 Å². The molecule has 154 valence electrons. The van der Waals surface area contributed by atoms with Crippen molar-refractivity contribution in [2.45, 2.75) is 20.3 Å². The molecule has 1 aliphatic heterocycles. The minimum Gasteiger partial charge on any atom is -0.421 e. The lowest BCUT2D eigenvalue weighted by atomic mass is 10.1. The number of fused-ring (bicyclic) bond motifs is 1. The molecule has 4 rings (SSSR count). The molecule has 30 heavy (non-hydrogen) atoms. The van der Waals surface area contributed by atoms with Crippen LogP contribution < -0.4 is 21.2 Å². The Morgan fingerprint density at radius 3 is 2.57 bits per heavy atom. The molecular weight excluding hydrogens is 382 g/mol. The van der Waals surface area contributed by atoms with Crippen LogP contribution in [-0.4, -0.2) is 24.9 Å². The van der Waals surface area contributed by atoms with Gasteiger partial charge in [-0.05, 0) is 38.1 Å². The number of hydrogen-bond acceptors (Lipinski definition) is 5. The summed E-state index contributed by atoms with van der Waals surface area (Å²) in [5.41, 5.74) is 2.27. The molecule has 0 saturated carbocycles. The summed E-state index contributed by atoms with van der Waals surface area (Å²) in [6.07, 6.45) is 0.0924. The predicted molar refractivity (Wildman–Crippen MR) is 117 cm³/mol. The van der Waals surface area contributed by atoms with Crippen molar-refractivity contribution in [3.8, 4) is 0 Å². The summed E-state index contributed by atoms with van der Waals surface area (Å²) in [5, 5.41) is 6.57. The first-order valence-corrected chi connectivity index (χ1v) is 9.95. The number of hydrogen-bond donors (Lipinski definition) is 2. The number of para-hydroxylation sites is 1. The van der Waals surface area contributed by atoms with Gasteiger partial charge in [-0.1, -0.05) is 29.8 Å². The van der Waals surface area contributed by atoms with E-state index in [0.717, 1.165) is 11.3 Å². The molecule has 1 fully saturated rings. The Morgan fingerprint density at radius 1 is 1.10 bits per heavy atom. The van der Waals surface area contributed by atoms with Gasteiger partial charge in [-0.15, -0.1) is 0 Å². The first-order valence-electron chi connectivity index (χ1n) is 9.95. The largest absolute Gasteiger partial charge is 0.421 e. The van der Waals surface area contributed by atoms with Crippen LogP contribution in [-0.2, 0) is 9.59 Å². The molecule has 2 amide bonds. The lowest BCUT2D eigenvalue weighted by molar-refractivity contribution is -0.122. The van der Waals surface area contributed by atoms with Crippen molar-refractivity contribution in [2.75, 3.05) is 28.6 Å². The van der Waals surface area contributed by atoms with Crippen LogP contribution in [0.25, 0.3) is 11.0 Å². The Hall–Kier alpha value is -3.61. The maximum absolute atomic E-state index is 12.9. The number of aryl methyl sites for hydroxylation is 1. The summed E-state index contributed by atoms with van der Waals surface area (Å²) in [7, 11) is 0. The lowest BCUT2D eigenvalue weighted by Gasteiger charge is -2.17. The molecule has 7 heteroatoms. The molecule has 0 bridgehead atoms. The molecule has 7 nitrogen and oxygen atoms in total. The smallest absolute Gasteiger partial charge is 0.362 e. The van der Waals surface area contributed by atoms with Gasteiger partial charge in [-0.3, -0.25) is 9.59 Å². The summed E-state index contributed by atoms with van der Waals surface area (Å²) in [6, 6.07) is 14.7. The van der Waals surface area contributed by atoms with E-state index in [1.54, 1.807) is 17.0 Å². The molecule has 0 radical (unpaired) electrons. The summed E-state index contributed by atoms with van der Waals surface area (Å²) in [4.78, 5) is 39.6. The van der Waals surface area contributed by atoms with Crippen molar-refractivity contribution < 1.29 is 14.0 Å². The van der Waals surface area contributed by atoms with Gasteiger partial charge < -0.3 is 20.0 Å². The number of rotatable bonds is 5. The monoisotopic (exact) mass is 405 g/mol. The zero-order chi connectivity index (χ0) is 21.3. The fraction of sp³-hybridized carbons (Fsp3) is 0.261. The first kappa shape index (κ1) is 19.7. The summed E-state index contributed by atoms with van der Waals surface area (Å²) in [6.45, 7) is 4.72. The molecule has 1 aromatic heterocycles. The van der Waals surface area contributed by atoms with E-state index < -0.39 is 11.5 Å². The molecule has 0 unspecified atom stereocenters. The summed E-state index contributed by atoms with van der Waals surface area (Å²) < 4.78 is 5.38. The SMILES string of the molecule is CCNc1c(NC(=O)[C@@H]2CC(=O)N(c3ccc(C)cc3)C2)c(=O)oc2ccccc12. The Bertz CT molecular complexity index is 1170. The van der Waals surface area contributed by atoms with Crippen LogP contribution in [0, 0.1) is 12.8 Å². The lowest BCUT2D eigenvalue weighted by Crippen LogP contribution is -2.29. The minimum absolute atomic E-state index is 0.0711. The normalized spacial score (nSPS) is 16.1. The Morgan fingerprint density at radius 2 is 1.83 bits per heavy atom. The molecular formula is C23H23N3O4. The third-order valence-electron chi connectivity index (χ3n) is 5.26. The van der Waals surface area contributed by atoms with Gasteiger partial charge in [0.15, 0.2) is 5.69 Å². The highest BCUT2D eigenvalue weighted by Gasteiger charge is 2.35. The number of amides is 2. The average Bonchev–Trinajstić information content (AvgIpc) is 3.13. The van der Waals surface area contributed by atoms with Gasteiger partial charge in [0.1, 0.15) is 5.58 Å². The average molecular weight is 405 g/mol. The number of nitrogens with one attached hydrogen (secondary N) is 2. The number of carbonyl (C=O) groups is 2. The van der Waals surface area contributed by atoms with Crippen LogP contribution in [0.5, 0.6) is 0 Å². The van der Waals surface area contributed by atoms with Crippen molar-refractivity contribution in [1.29, 1.82) is 0 Å².